The van der Waals surface area contributed by atoms with Crippen molar-refractivity contribution in [3.63, 3.8) is 0 Å². The first kappa shape index (κ1) is 14.8. The Kier molecular flexibility index (Phi) is 5.22. The van der Waals surface area contributed by atoms with Crippen molar-refractivity contribution in [3.8, 4) is 0 Å². The van der Waals surface area contributed by atoms with Crippen molar-refractivity contribution in [1.82, 2.24) is 10.6 Å². The van der Waals surface area contributed by atoms with E-state index in [9.17, 15) is 4.79 Å². The van der Waals surface area contributed by atoms with Crippen LogP contribution in [0.25, 0.3) is 0 Å². The first-order chi connectivity index (χ1) is 9.11. The molecular formula is C15H28N2O2. The average Bonchev–Trinajstić information content (AvgIpc) is 2.83. The van der Waals surface area contributed by atoms with E-state index in [1.807, 2.05) is 0 Å². The quantitative estimate of drug-likeness (QED) is 0.813. The summed E-state index contributed by atoms with van der Waals surface area (Å²) in [5, 5.41) is 6.58. The summed E-state index contributed by atoms with van der Waals surface area (Å²) in [6.45, 7) is 8.78. The average molecular weight is 268 g/mol. The molecule has 2 fully saturated rings. The van der Waals surface area contributed by atoms with Crippen LogP contribution in [0.4, 0.5) is 0 Å². The fourth-order valence-electron chi connectivity index (χ4n) is 3.26. The lowest BCUT2D eigenvalue weighted by Crippen LogP contribution is -2.48. The lowest BCUT2D eigenvalue weighted by Gasteiger charge is -2.33. The van der Waals surface area contributed by atoms with Crippen LogP contribution in [0.3, 0.4) is 0 Å². The summed E-state index contributed by atoms with van der Waals surface area (Å²) < 4.78 is 5.45. The van der Waals surface area contributed by atoms with E-state index < -0.39 is 0 Å². The van der Waals surface area contributed by atoms with E-state index in [1.54, 1.807) is 0 Å². The molecule has 2 aliphatic rings. The molecule has 2 rings (SSSR count). The second-order valence-corrected chi connectivity index (χ2v) is 6.28. The summed E-state index contributed by atoms with van der Waals surface area (Å²) in [6, 6.07) is 0.548. The number of carbonyl (C=O) groups is 1. The second kappa shape index (κ2) is 6.71. The van der Waals surface area contributed by atoms with Crippen LogP contribution in [0.1, 0.15) is 40.0 Å². The Balaban J connectivity index is 1.83. The summed E-state index contributed by atoms with van der Waals surface area (Å²) in [4.78, 5) is 12.4. The molecule has 1 amide bonds. The number of nitrogens with one attached hydrogen (secondary N) is 2. The van der Waals surface area contributed by atoms with Crippen molar-refractivity contribution >= 4 is 5.91 Å². The first-order valence-electron chi connectivity index (χ1n) is 7.73. The van der Waals surface area contributed by atoms with Crippen LogP contribution in [0.15, 0.2) is 0 Å². The molecule has 1 saturated carbocycles. The Morgan fingerprint density at radius 3 is 2.68 bits per heavy atom. The van der Waals surface area contributed by atoms with Gasteiger partial charge in [-0.2, -0.15) is 0 Å². The molecule has 0 aromatic carbocycles. The first-order valence-corrected chi connectivity index (χ1v) is 7.73. The number of amides is 1. The van der Waals surface area contributed by atoms with Crippen LogP contribution in [-0.4, -0.2) is 37.7 Å². The summed E-state index contributed by atoms with van der Waals surface area (Å²) >= 11 is 0. The van der Waals surface area contributed by atoms with E-state index in [2.05, 4.69) is 31.4 Å². The minimum Gasteiger partial charge on any atom is -0.379 e. The molecular weight excluding hydrogens is 240 g/mol. The SMILES string of the molecule is CCNC1COCC1C(=O)NC1CCC(C)C(C)C1. The highest BCUT2D eigenvalue weighted by molar-refractivity contribution is 5.80. The van der Waals surface area contributed by atoms with E-state index >= 15 is 0 Å². The molecule has 1 saturated heterocycles. The van der Waals surface area contributed by atoms with Crippen LogP contribution in [0.2, 0.25) is 0 Å². The number of likely N-dealkylation sites (N-methyl/N-ethyl adjacent to an activating group) is 1. The van der Waals surface area contributed by atoms with Crippen molar-refractivity contribution < 1.29 is 9.53 Å². The lowest BCUT2D eigenvalue weighted by molar-refractivity contribution is -0.126. The van der Waals surface area contributed by atoms with Gasteiger partial charge in [0.1, 0.15) is 0 Å². The van der Waals surface area contributed by atoms with E-state index in [0.717, 1.165) is 25.3 Å². The van der Waals surface area contributed by atoms with E-state index in [-0.39, 0.29) is 17.9 Å². The van der Waals surface area contributed by atoms with E-state index in [1.165, 1.54) is 6.42 Å². The van der Waals surface area contributed by atoms with Gasteiger partial charge in [-0.1, -0.05) is 20.8 Å². The molecule has 2 N–H and O–H groups in total. The van der Waals surface area contributed by atoms with E-state index in [4.69, 9.17) is 4.74 Å². The van der Waals surface area contributed by atoms with Gasteiger partial charge in [0.2, 0.25) is 5.91 Å². The van der Waals surface area contributed by atoms with Gasteiger partial charge < -0.3 is 15.4 Å². The van der Waals surface area contributed by atoms with Gasteiger partial charge in [0, 0.05) is 12.1 Å². The van der Waals surface area contributed by atoms with Crippen molar-refractivity contribution in [2.45, 2.75) is 52.1 Å². The fraction of sp³-hybridized carbons (Fsp3) is 0.933. The Hall–Kier alpha value is -0.610. The Morgan fingerprint density at radius 2 is 2.00 bits per heavy atom. The number of hydrogen-bond acceptors (Lipinski definition) is 3. The molecule has 4 nitrogen and oxygen atoms in total. The monoisotopic (exact) mass is 268 g/mol. The highest BCUT2D eigenvalue weighted by Crippen LogP contribution is 2.29. The Labute approximate surface area is 116 Å². The maximum Gasteiger partial charge on any atom is 0.227 e. The second-order valence-electron chi connectivity index (χ2n) is 6.28. The largest absolute Gasteiger partial charge is 0.379 e. The smallest absolute Gasteiger partial charge is 0.227 e. The van der Waals surface area contributed by atoms with Crippen molar-refractivity contribution in [2.75, 3.05) is 19.8 Å². The van der Waals surface area contributed by atoms with Crippen molar-refractivity contribution in [1.29, 1.82) is 0 Å². The maximum atomic E-state index is 12.4. The molecule has 0 aromatic rings. The molecule has 0 aromatic heterocycles. The number of rotatable bonds is 4. The van der Waals surface area contributed by atoms with Crippen molar-refractivity contribution in [2.24, 2.45) is 17.8 Å². The molecule has 0 bridgehead atoms. The molecule has 1 aliphatic heterocycles. The van der Waals surface area contributed by atoms with Gasteiger partial charge in [0.15, 0.2) is 0 Å². The molecule has 1 heterocycles. The molecule has 4 heteroatoms. The fourth-order valence-corrected chi connectivity index (χ4v) is 3.26. The number of carbonyl (C=O) groups excluding carboxylic acids is 1. The highest BCUT2D eigenvalue weighted by atomic mass is 16.5. The number of hydrogen-bond donors (Lipinski definition) is 2. The predicted molar refractivity (Wildman–Crippen MR) is 75.9 cm³/mol. The van der Waals surface area contributed by atoms with Gasteiger partial charge in [-0.15, -0.1) is 0 Å². The van der Waals surface area contributed by atoms with Gasteiger partial charge in [-0.05, 0) is 37.6 Å². The van der Waals surface area contributed by atoms with E-state index in [0.29, 0.717) is 25.2 Å². The third-order valence-electron chi connectivity index (χ3n) is 4.83. The van der Waals surface area contributed by atoms with Gasteiger partial charge in [-0.25, -0.2) is 0 Å². The predicted octanol–water partition coefficient (Wildman–Crippen LogP) is 1.55. The van der Waals surface area contributed by atoms with Crippen LogP contribution >= 0.6 is 0 Å². The maximum absolute atomic E-state index is 12.4. The third-order valence-corrected chi connectivity index (χ3v) is 4.83. The minimum absolute atomic E-state index is 0.0189. The minimum atomic E-state index is -0.0189. The molecule has 19 heavy (non-hydrogen) atoms. The van der Waals surface area contributed by atoms with Crippen LogP contribution in [0.5, 0.6) is 0 Å². The molecule has 110 valence electrons. The summed E-state index contributed by atoms with van der Waals surface area (Å²) in [6.07, 6.45) is 3.47. The van der Waals surface area contributed by atoms with Gasteiger partial charge in [-0.3, -0.25) is 4.79 Å². The zero-order valence-electron chi connectivity index (χ0n) is 12.4. The van der Waals surface area contributed by atoms with Gasteiger partial charge in [0.05, 0.1) is 19.1 Å². The van der Waals surface area contributed by atoms with Crippen LogP contribution in [-0.2, 0) is 9.53 Å². The molecule has 1 aliphatic carbocycles. The number of ether oxygens (including phenoxy) is 1. The standard InChI is InChI=1S/C15H28N2O2/c1-4-16-14-9-19-8-13(14)15(18)17-12-6-5-10(2)11(3)7-12/h10-14,16H,4-9H2,1-3H3,(H,17,18). The molecule has 5 unspecified atom stereocenters. The third kappa shape index (κ3) is 3.69. The molecule has 5 atom stereocenters. The highest BCUT2D eigenvalue weighted by Gasteiger charge is 2.35. The van der Waals surface area contributed by atoms with Crippen LogP contribution in [0, 0.1) is 17.8 Å². The zero-order valence-corrected chi connectivity index (χ0v) is 12.4. The van der Waals surface area contributed by atoms with Gasteiger partial charge >= 0.3 is 0 Å². The molecule has 0 radical (unpaired) electrons. The summed E-state index contributed by atoms with van der Waals surface area (Å²) in [5.74, 6) is 1.66. The molecule has 0 spiro atoms. The van der Waals surface area contributed by atoms with Gasteiger partial charge in [0.25, 0.3) is 0 Å². The lowest BCUT2D eigenvalue weighted by atomic mass is 9.79. The van der Waals surface area contributed by atoms with Crippen molar-refractivity contribution in [3.05, 3.63) is 0 Å². The normalized spacial score (nSPS) is 39.2. The Bertz CT molecular complexity index is 309. The zero-order chi connectivity index (χ0) is 13.8. The summed E-state index contributed by atoms with van der Waals surface area (Å²) in [7, 11) is 0. The topological polar surface area (TPSA) is 50.4 Å². The van der Waals surface area contributed by atoms with Crippen LogP contribution < -0.4 is 10.6 Å². The summed E-state index contributed by atoms with van der Waals surface area (Å²) in [5.41, 5.74) is 0. The Morgan fingerprint density at radius 1 is 1.21 bits per heavy atom.